The van der Waals surface area contributed by atoms with Gasteiger partial charge in [0, 0.05) is 19.2 Å². The smallest absolute Gasteiger partial charge is 0.134 e. The number of hydrogen-bond donors (Lipinski definition) is 2. The van der Waals surface area contributed by atoms with E-state index in [2.05, 4.69) is 15.3 Å². The lowest BCUT2D eigenvalue weighted by molar-refractivity contribution is 0.128. The summed E-state index contributed by atoms with van der Waals surface area (Å²) in [6.07, 6.45) is 2.43. The minimum Gasteiger partial charge on any atom is -0.383 e. The molecule has 1 aromatic rings. The number of rotatable bonds is 5. The molecule has 1 heterocycles. The summed E-state index contributed by atoms with van der Waals surface area (Å²) in [5.74, 6) is 1.34. The Labute approximate surface area is 90.1 Å². The van der Waals surface area contributed by atoms with Gasteiger partial charge in [-0.05, 0) is 13.3 Å². The van der Waals surface area contributed by atoms with Crippen LogP contribution >= 0.6 is 0 Å². The first-order chi connectivity index (χ1) is 7.19. The van der Waals surface area contributed by atoms with Crippen molar-refractivity contribution >= 4 is 11.6 Å². The number of hydrogen-bond acceptors (Lipinski definition) is 5. The first kappa shape index (κ1) is 11.7. The Kier molecular flexibility index (Phi) is 4.30. The molecule has 0 bridgehead atoms. The Bertz CT molecular complexity index is 316. The Hall–Kier alpha value is -1.36. The molecule has 0 aliphatic carbocycles. The second kappa shape index (κ2) is 5.50. The van der Waals surface area contributed by atoms with Crippen LogP contribution in [0.1, 0.15) is 19.4 Å². The molecule has 1 unspecified atom stereocenters. The Morgan fingerprint density at radius 3 is 2.87 bits per heavy atom. The third-order valence-corrected chi connectivity index (χ3v) is 2.29. The Morgan fingerprint density at radius 1 is 1.53 bits per heavy atom. The topological polar surface area (TPSA) is 73.1 Å². The number of methoxy groups -OCH3 is 1. The molecule has 15 heavy (non-hydrogen) atoms. The largest absolute Gasteiger partial charge is 0.383 e. The molecule has 5 heteroatoms. The van der Waals surface area contributed by atoms with Crippen molar-refractivity contribution in [2.24, 2.45) is 0 Å². The highest BCUT2D eigenvalue weighted by Crippen LogP contribution is 2.17. The lowest BCUT2D eigenvalue weighted by atomic mass is 10.2. The zero-order valence-corrected chi connectivity index (χ0v) is 9.45. The van der Waals surface area contributed by atoms with Crippen molar-refractivity contribution in [1.29, 1.82) is 0 Å². The van der Waals surface area contributed by atoms with Crippen LogP contribution in [0.25, 0.3) is 0 Å². The second-order valence-corrected chi connectivity index (χ2v) is 3.37. The molecule has 0 radical (unpaired) electrons. The maximum Gasteiger partial charge on any atom is 0.134 e. The fourth-order valence-corrected chi connectivity index (χ4v) is 1.25. The van der Waals surface area contributed by atoms with Gasteiger partial charge in [0.15, 0.2) is 0 Å². The SMILES string of the molecule is CCc1c(N)ncnc1NCC(C)OC. The Balaban J connectivity index is 2.72. The fraction of sp³-hybridized carbons (Fsp3) is 0.600. The van der Waals surface area contributed by atoms with Crippen molar-refractivity contribution in [2.45, 2.75) is 26.4 Å². The van der Waals surface area contributed by atoms with Crippen LogP contribution < -0.4 is 11.1 Å². The van der Waals surface area contributed by atoms with Gasteiger partial charge in [-0.25, -0.2) is 9.97 Å². The molecule has 1 rings (SSSR count). The van der Waals surface area contributed by atoms with E-state index < -0.39 is 0 Å². The number of nitrogen functional groups attached to an aromatic ring is 1. The number of anilines is 2. The van der Waals surface area contributed by atoms with E-state index in [1.54, 1.807) is 7.11 Å². The van der Waals surface area contributed by atoms with E-state index in [9.17, 15) is 0 Å². The van der Waals surface area contributed by atoms with Gasteiger partial charge in [-0.2, -0.15) is 0 Å². The first-order valence-corrected chi connectivity index (χ1v) is 5.05. The number of nitrogens with two attached hydrogens (primary N) is 1. The summed E-state index contributed by atoms with van der Waals surface area (Å²) in [7, 11) is 1.68. The molecule has 5 nitrogen and oxygen atoms in total. The van der Waals surface area contributed by atoms with E-state index in [-0.39, 0.29) is 6.10 Å². The number of nitrogens with one attached hydrogen (secondary N) is 1. The highest BCUT2D eigenvalue weighted by Gasteiger charge is 2.07. The lowest BCUT2D eigenvalue weighted by Gasteiger charge is -2.14. The molecule has 1 aromatic heterocycles. The maximum absolute atomic E-state index is 5.75. The normalized spacial score (nSPS) is 12.5. The quantitative estimate of drug-likeness (QED) is 0.760. The van der Waals surface area contributed by atoms with Gasteiger partial charge in [0.1, 0.15) is 18.0 Å². The first-order valence-electron chi connectivity index (χ1n) is 5.05. The molecule has 0 aliphatic rings. The molecule has 3 N–H and O–H groups in total. The highest BCUT2D eigenvalue weighted by molar-refractivity contribution is 5.54. The number of nitrogens with zero attached hydrogens (tertiary/aromatic N) is 2. The summed E-state index contributed by atoms with van der Waals surface area (Å²) >= 11 is 0. The van der Waals surface area contributed by atoms with E-state index in [0.717, 1.165) is 17.8 Å². The molecule has 0 saturated heterocycles. The van der Waals surface area contributed by atoms with Crippen molar-refractivity contribution in [1.82, 2.24) is 9.97 Å². The van der Waals surface area contributed by atoms with E-state index in [1.807, 2.05) is 13.8 Å². The van der Waals surface area contributed by atoms with Crippen LogP contribution in [0.15, 0.2) is 6.33 Å². The van der Waals surface area contributed by atoms with E-state index in [4.69, 9.17) is 10.5 Å². The third-order valence-electron chi connectivity index (χ3n) is 2.29. The van der Waals surface area contributed by atoms with Gasteiger partial charge in [-0.3, -0.25) is 0 Å². The van der Waals surface area contributed by atoms with Crippen LogP contribution in [0.3, 0.4) is 0 Å². The van der Waals surface area contributed by atoms with Crippen LogP contribution in [-0.2, 0) is 11.2 Å². The highest BCUT2D eigenvalue weighted by atomic mass is 16.5. The van der Waals surface area contributed by atoms with Gasteiger partial charge in [0.25, 0.3) is 0 Å². The zero-order chi connectivity index (χ0) is 11.3. The van der Waals surface area contributed by atoms with Gasteiger partial charge in [-0.1, -0.05) is 6.92 Å². The molecule has 0 fully saturated rings. The molecule has 1 atom stereocenters. The summed E-state index contributed by atoms with van der Waals surface area (Å²) in [6, 6.07) is 0. The average molecular weight is 210 g/mol. The molecule has 0 aromatic carbocycles. The molecular formula is C10H18N4O. The van der Waals surface area contributed by atoms with Crippen LogP contribution in [0, 0.1) is 0 Å². The van der Waals surface area contributed by atoms with Gasteiger partial charge in [0.05, 0.1) is 6.10 Å². The molecule has 0 amide bonds. The molecule has 84 valence electrons. The van der Waals surface area contributed by atoms with Crippen molar-refractivity contribution in [3.8, 4) is 0 Å². The van der Waals surface area contributed by atoms with E-state index in [0.29, 0.717) is 12.4 Å². The summed E-state index contributed by atoms with van der Waals surface area (Å²) < 4.78 is 5.14. The fourth-order valence-electron chi connectivity index (χ4n) is 1.25. The van der Waals surface area contributed by atoms with Gasteiger partial charge < -0.3 is 15.8 Å². The molecule has 0 spiro atoms. The monoisotopic (exact) mass is 210 g/mol. The minimum absolute atomic E-state index is 0.144. The minimum atomic E-state index is 0.144. The predicted molar refractivity (Wildman–Crippen MR) is 60.8 cm³/mol. The standard InChI is InChI=1S/C10H18N4O/c1-4-8-9(11)13-6-14-10(8)12-5-7(2)15-3/h6-7H,4-5H2,1-3H3,(H3,11,12,13,14). The van der Waals surface area contributed by atoms with Crippen molar-refractivity contribution in [3.05, 3.63) is 11.9 Å². The molecule has 0 saturated carbocycles. The average Bonchev–Trinajstić information content (AvgIpc) is 2.25. The number of ether oxygens (including phenoxy) is 1. The van der Waals surface area contributed by atoms with E-state index in [1.165, 1.54) is 6.33 Å². The summed E-state index contributed by atoms with van der Waals surface area (Å²) in [4.78, 5) is 8.11. The Morgan fingerprint density at radius 2 is 2.27 bits per heavy atom. The van der Waals surface area contributed by atoms with Crippen molar-refractivity contribution in [3.63, 3.8) is 0 Å². The zero-order valence-electron chi connectivity index (χ0n) is 9.45. The summed E-state index contributed by atoms with van der Waals surface area (Å²) in [6.45, 7) is 4.73. The van der Waals surface area contributed by atoms with Gasteiger partial charge in [0.2, 0.25) is 0 Å². The van der Waals surface area contributed by atoms with Crippen molar-refractivity contribution in [2.75, 3.05) is 24.7 Å². The predicted octanol–water partition coefficient (Wildman–Crippen LogP) is 1.07. The summed E-state index contributed by atoms with van der Waals surface area (Å²) in [5.41, 5.74) is 6.71. The van der Waals surface area contributed by atoms with Crippen LogP contribution in [0.5, 0.6) is 0 Å². The van der Waals surface area contributed by atoms with Gasteiger partial charge in [-0.15, -0.1) is 0 Å². The van der Waals surface area contributed by atoms with Crippen LogP contribution in [0.2, 0.25) is 0 Å². The van der Waals surface area contributed by atoms with Crippen LogP contribution in [0.4, 0.5) is 11.6 Å². The van der Waals surface area contributed by atoms with Crippen LogP contribution in [-0.4, -0.2) is 29.7 Å². The number of aromatic nitrogens is 2. The molecular weight excluding hydrogens is 192 g/mol. The molecule has 0 aliphatic heterocycles. The van der Waals surface area contributed by atoms with Gasteiger partial charge >= 0.3 is 0 Å². The second-order valence-electron chi connectivity index (χ2n) is 3.37. The maximum atomic E-state index is 5.75. The lowest BCUT2D eigenvalue weighted by Crippen LogP contribution is -2.20. The van der Waals surface area contributed by atoms with Crippen molar-refractivity contribution < 1.29 is 4.74 Å². The summed E-state index contributed by atoms with van der Waals surface area (Å²) in [5, 5.41) is 3.20. The van der Waals surface area contributed by atoms with E-state index >= 15 is 0 Å². The third kappa shape index (κ3) is 3.06.